The van der Waals surface area contributed by atoms with Crippen LogP contribution in [0.1, 0.15) is 12.5 Å². The van der Waals surface area contributed by atoms with Gasteiger partial charge in [-0.05, 0) is 18.6 Å². The first-order valence-electron chi connectivity index (χ1n) is 3.60. The lowest BCUT2D eigenvalue weighted by molar-refractivity contribution is 0.134. The summed E-state index contributed by atoms with van der Waals surface area (Å²) in [5, 5.41) is 0. The first-order chi connectivity index (χ1) is 5.33. The third kappa shape index (κ3) is 2.55. The zero-order valence-corrected chi connectivity index (χ0v) is 6.58. The molecule has 1 aromatic heterocycles. The Morgan fingerprint density at radius 2 is 2.36 bits per heavy atom. The van der Waals surface area contributed by atoms with E-state index in [1.54, 1.807) is 12.4 Å². The van der Waals surface area contributed by atoms with E-state index in [0.29, 0.717) is 12.3 Å². The molecule has 3 nitrogen and oxygen atoms in total. The van der Waals surface area contributed by atoms with Crippen molar-refractivity contribution in [2.75, 3.05) is 12.3 Å². The van der Waals surface area contributed by atoms with Gasteiger partial charge in [-0.25, -0.2) is 0 Å². The number of ether oxygens (including phenoxy) is 1. The van der Waals surface area contributed by atoms with Gasteiger partial charge in [0.1, 0.15) is 0 Å². The summed E-state index contributed by atoms with van der Waals surface area (Å²) < 4.78 is 5.18. The van der Waals surface area contributed by atoms with Crippen LogP contribution in [0.15, 0.2) is 18.5 Å². The number of anilines is 1. The summed E-state index contributed by atoms with van der Waals surface area (Å²) in [6.45, 7) is 3.27. The molecule has 3 heteroatoms. The summed E-state index contributed by atoms with van der Waals surface area (Å²) in [6, 6.07) is 1.86. The predicted octanol–water partition coefficient (Wildman–Crippen LogP) is 1.20. The van der Waals surface area contributed by atoms with Gasteiger partial charge in [-0.3, -0.25) is 4.98 Å². The molecule has 0 saturated heterocycles. The zero-order valence-electron chi connectivity index (χ0n) is 6.58. The molecule has 0 radical (unpaired) electrons. The molecule has 0 spiro atoms. The molecule has 0 aliphatic heterocycles. The van der Waals surface area contributed by atoms with Crippen molar-refractivity contribution >= 4 is 5.69 Å². The smallest absolute Gasteiger partial charge is 0.0732 e. The highest BCUT2D eigenvalue weighted by Crippen LogP contribution is 2.04. The minimum absolute atomic E-state index is 0.592. The lowest BCUT2D eigenvalue weighted by Gasteiger charge is -2.00. The fraction of sp³-hybridized carbons (Fsp3) is 0.375. The van der Waals surface area contributed by atoms with Gasteiger partial charge >= 0.3 is 0 Å². The number of pyridine rings is 1. The molecule has 0 aromatic carbocycles. The molecule has 1 rings (SSSR count). The third-order valence-corrected chi connectivity index (χ3v) is 1.29. The van der Waals surface area contributed by atoms with Gasteiger partial charge in [0.25, 0.3) is 0 Å². The quantitative estimate of drug-likeness (QED) is 0.708. The summed E-state index contributed by atoms with van der Waals surface area (Å²) in [6.07, 6.45) is 3.38. The maximum absolute atomic E-state index is 5.51. The monoisotopic (exact) mass is 152 g/mol. The van der Waals surface area contributed by atoms with Crippen LogP contribution in [-0.4, -0.2) is 11.6 Å². The maximum atomic E-state index is 5.51. The van der Waals surface area contributed by atoms with Crippen LogP contribution in [0.25, 0.3) is 0 Å². The van der Waals surface area contributed by atoms with Crippen molar-refractivity contribution in [2.24, 2.45) is 0 Å². The van der Waals surface area contributed by atoms with Crippen molar-refractivity contribution in [1.29, 1.82) is 0 Å². The Balaban J connectivity index is 2.56. The summed E-state index contributed by atoms with van der Waals surface area (Å²) in [7, 11) is 0. The van der Waals surface area contributed by atoms with Crippen molar-refractivity contribution in [3.05, 3.63) is 24.0 Å². The van der Waals surface area contributed by atoms with Gasteiger partial charge in [-0.2, -0.15) is 0 Å². The molecule has 11 heavy (non-hydrogen) atoms. The molecule has 2 N–H and O–H groups in total. The molecule has 0 atom stereocenters. The average Bonchev–Trinajstić information content (AvgIpc) is 2.01. The van der Waals surface area contributed by atoms with Crippen LogP contribution in [0, 0.1) is 0 Å². The second-order valence-electron chi connectivity index (χ2n) is 2.26. The number of nitrogens with two attached hydrogens (primary N) is 1. The van der Waals surface area contributed by atoms with E-state index < -0.39 is 0 Å². The number of hydrogen-bond donors (Lipinski definition) is 1. The van der Waals surface area contributed by atoms with Crippen LogP contribution in [0.2, 0.25) is 0 Å². The van der Waals surface area contributed by atoms with Crippen LogP contribution in [0.4, 0.5) is 5.69 Å². The van der Waals surface area contributed by atoms with Crippen LogP contribution in [-0.2, 0) is 11.3 Å². The van der Waals surface area contributed by atoms with Crippen LogP contribution >= 0.6 is 0 Å². The Bertz CT molecular complexity index is 225. The Labute approximate surface area is 66.2 Å². The van der Waals surface area contributed by atoms with Gasteiger partial charge in [-0.15, -0.1) is 0 Å². The number of hydrogen-bond acceptors (Lipinski definition) is 3. The number of nitrogen functional groups attached to an aromatic ring is 1. The standard InChI is InChI=1S/C8H12N2O/c1-2-11-6-7-3-8(9)5-10-4-7/h3-5H,2,6,9H2,1H3. The molecule has 0 bridgehead atoms. The molecule has 0 unspecified atom stereocenters. The van der Waals surface area contributed by atoms with E-state index in [1.807, 2.05) is 13.0 Å². The zero-order chi connectivity index (χ0) is 8.10. The Kier molecular flexibility index (Phi) is 2.86. The van der Waals surface area contributed by atoms with Crippen molar-refractivity contribution < 1.29 is 4.74 Å². The van der Waals surface area contributed by atoms with Gasteiger partial charge in [0.15, 0.2) is 0 Å². The highest BCUT2D eigenvalue weighted by molar-refractivity contribution is 5.36. The maximum Gasteiger partial charge on any atom is 0.0732 e. The lowest BCUT2D eigenvalue weighted by Crippen LogP contribution is -1.94. The molecular formula is C8H12N2O. The Morgan fingerprint density at radius 3 is 3.00 bits per heavy atom. The molecule has 0 fully saturated rings. The van der Waals surface area contributed by atoms with E-state index in [2.05, 4.69) is 4.98 Å². The summed E-state index contributed by atoms with van der Waals surface area (Å²) in [5.74, 6) is 0. The second-order valence-corrected chi connectivity index (χ2v) is 2.26. The summed E-state index contributed by atoms with van der Waals surface area (Å²) in [5.41, 5.74) is 7.22. The summed E-state index contributed by atoms with van der Waals surface area (Å²) >= 11 is 0. The SMILES string of the molecule is CCOCc1cncc(N)c1. The van der Waals surface area contributed by atoms with Gasteiger partial charge in [-0.1, -0.05) is 0 Å². The van der Waals surface area contributed by atoms with E-state index >= 15 is 0 Å². The van der Waals surface area contributed by atoms with Crippen LogP contribution in [0.3, 0.4) is 0 Å². The number of nitrogens with zero attached hydrogens (tertiary/aromatic N) is 1. The summed E-state index contributed by atoms with van der Waals surface area (Å²) in [4.78, 5) is 3.93. The van der Waals surface area contributed by atoms with Crippen molar-refractivity contribution in [3.63, 3.8) is 0 Å². The predicted molar refractivity (Wildman–Crippen MR) is 44.0 cm³/mol. The number of aromatic nitrogens is 1. The third-order valence-electron chi connectivity index (χ3n) is 1.29. The van der Waals surface area contributed by atoms with E-state index in [1.165, 1.54) is 0 Å². The topological polar surface area (TPSA) is 48.1 Å². The molecule has 1 aromatic rings. The van der Waals surface area contributed by atoms with E-state index in [-0.39, 0.29) is 0 Å². The Hall–Kier alpha value is -1.09. The van der Waals surface area contributed by atoms with Crippen LogP contribution < -0.4 is 5.73 Å². The largest absolute Gasteiger partial charge is 0.397 e. The van der Waals surface area contributed by atoms with E-state index in [4.69, 9.17) is 10.5 Å². The normalized spacial score (nSPS) is 9.91. The van der Waals surface area contributed by atoms with Gasteiger partial charge < -0.3 is 10.5 Å². The van der Waals surface area contributed by atoms with E-state index in [9.17, 15) is 0 Å². The first kappa shape index (κ1) is 8.01. The number of rotatable bonds is 3. The van der Waals surface area contributed by atoms with Crippen molar-refractivity contribution in [1.82, 2.24) is 4.98 Å². The van der Waals surface area contributed by atoms with Crippen molar-refractivity contribution in [2.45, 2.75) is 13.5 Å². The highest BCUT2D eigenvalue weighted by Gasteiger charge is 1.92. The fourth-order valence-corrected chi connectivity index (χ4v) is 0.807. The minimum atomic E-state index is 0.592. The molecule has 1 heterocycles. The van der Waals surface area contributed by atoms with Gasteiger partial charge in [0.2, 0.25) is 0 Å². The average molecular weight is 152 g/mol. The Morgan fingerprint density at radius 1 is 1.55 bits per heavy atom. The van der Waals surface area contributed by atoms with Crippen molar-refractivity contribution in [3.8, 4) is 0 Å². The molecule has 0 amide bonds. The second kappa shape index (κ2) is 3.93. The minimum Gasteiger partial charge on any atom is -0.397 e. The van der Waals surface area contributed by atoms with Gasteiger partial charge in [0.05, 0.1) is 12.3 Å². The molecule has 0 aliphatic carbocycles. The van der Waals surface area contributed by atoms with E-state index in [0.717, 1.165) is 12.2 Å². The molecule has 0 saturated carbocycles. The van der Waals surface area contributed by atoms with Crippen LogP contribution in [0.5, 0.6) is 0 Å². The highest BCUT2D eigenvalue weighted by atomic mass is 16.5. The molecule has 0 aliphatic rings. The molecular weight excluding hydrogens is 140 g/mol. The fourth-order valence-electron chi connectivity index (χ4n) is 0.807. The lowest BCUT2D eigenvalue weighted by atomic mass is 10.3. The van der Waals surface area contributed by atoms with Gasteiger partial charge in [0, 0.05) is 19.0 Å². The first-order valence-corrected chi connectivity index (χ1v) is 3.60. The molecule has 60 valence electrons.